The van der Waals surface area contributed by atoms with Crippen LogP contribution in [0.2, 0.25) is 0 Å². The Morgan fingerprint density at radius 1 is 1.12 bits per heavy atom. The van der Waals surface area contributed by atoms with Crippen LogP contribution in [0.5, 0.6) is 5.88 Å². The standard InChI is InChI=1S/C17H17N3O3S/c1-12-8-14-4-3-5-15(17(14)19-9-12)24(21,22)20-11-13-6-7-16(23-2)18-10-13/h3-10,20H,11H2,1-2H3. The Kier molecular flexibility index (Phi) is 4.46. The van der Waals surface area contributed by atoms with Crippen molar-refractivity contribution in [2.45, 2.75) is 18.4 Å². The molecule has 0 unspecified atom stereocenters. The molecule has 0 aliphatic heterocycles. The zero-order valence-electron chi connectivity index (χ0n) is 13.4. The van der Waals surface area contributed by atoms with Crippen molar-refractivity contribution >= 4 is 20.9 Å². The highest BCUT2D eigenvalue weighted by molar-refractivity contribution is 7.89. The number of hydrogen-bond acceptors (Lipinski definition) is 5. The fourth-order valence-corrected chi connectivity index (χ4v) is 3.55. The molecule has 0 saturated heterocycles. The molecule has 3 rings (SSSR count). The number of rotatable bonds is 5. The molecule has 1 N–H and O–H groups in total. The second-order valence-corrected chi connectivity index (χ2v) is 7.11. The van der Waals surface area contributed by atoms with Gasteiger partial charge in [0.2, 0.25) is 15.9 Å². The van der Waals surface area contributed by atoms with Crippen molar-refractivity contribution in [3.63, 3.8) is 0 Å². The predicted octanol–water partition coefficient (Wildman–Crippen LogP) is 2.43. The molecule has 0 saturated carbocycles. The molecule has 0 atom stereocenters. The summed E-state index contributed by atoms with van der Waals surface area (Å²) in [5, 5.41) is 0.795. The molecule has 124 valence electrons. The molecule has 2 heterocycles. The van der Waals surface area contributed by atoms with E-state index < -0.39 is 10.0 Å². The highest BCUT2D eigenvalue weighted by Gasteiger charge is 2.18. The molecular formula is C17H17N3O3S. The van der Waals surface area contributed by atoms with E-state index in [1.54, 1.807) is 36.7 Å². The molecule has 0 fully saturated rings. The van der Waals surface area contributed by atoms with E-state index in [0.29, 0.717) is 11.4 Å². The molecule has 24 heavy (non-hydrogen) atoms. The first kappa shape index (κ1) is 16.4. The Balaban J connectivity index is 1.87. The van der Waals surface area contributed by atoms with Gasteiger partial charge in [-0.2, -0.15) is 0 Å². The third kappa shape index (κ3) is 3.37. The first-order valence-electron chi connectivity index (χ1n) is 7.33. The first-order chi connectivity index (χ1) is 11.5. The minimum atomic E-state index is -3.69. The molecule has 0 aliphatic carbocycles. The minimum Gasteiger partial charge on any atom is -0.481 e. The third-order valence-electron chi connectivity index (χ3n) is 3.57. The number of nitrogens with one attached hydrogen (secondary N) is 1. The molecule has 7 heteroatoms. The van der Waals surface area contributed by atoms with Gasteiger partial charge in [0.05, 0.1) is 12.6 Å². The van der Waals surface area contributed by atoms with E-state index in [9.17, 15) is 8.42 Å². The van der Waals surface area contributed by atoms with Crippen molar-refractivity contribution in [1.82, 2.24) is 14.7 Å². The summed E-state index contributed by atoms with van der Waals surface area (Å²) < 4.78 is 32.8. The van der Waals surface area contributed by atoms with Crippen LogP contribution in [0.25, 0.3) is 10.9 Å². The average molecular weight is 343 g/mol. The van der Waals surface area contributed by atoms with Crippen LogP contribution in [0.15, 0.2) is 53.7 Å². The number of benzene rings is 1. The van der Waals surface area contributed by atoms with Crippen LogP contribution in [0.1, 0.15) is 11.1 Å². The second-order valence-electron chi connectivity index (χ2n) is 5.37. The van der Waals surface area contributed by atoms with Gasteiger partial charge in [-0.05, 0) is 30.2 Å². The van der Waals surface area contributed by atoms with Crippen LogP contribution >= 0.6 is 0 Å². The lowest BCUT2D eigenvalue weighted by Gasteiger charge is -2.09. The summed E-state index contributed by atoms with van der Waals surface area (Å²) in [6.07, 6.45) is 3.24. The molecule has 6 nitrogen and oxygen atoms in total. The summed E-state index contributed by atoms with van der Waals surface area (Å²) >= 11 is 0. The Labute approximate surface area is 140 Å². The van der Waals surface area contributed by atoms with Crippen molar-refractivity contribution < 1.29 is 13.2 Å². The maximum Gasteiger partial charge on any atom is 0.243 e. The molecule has 0 amide bonds. The van der Waals surface area contributed by atoms with Crippen LogP contribution < -0.4 is 9.46 Å². The quantitative estimate of drug-likeness (QED) is 0.769. The maximum absolute atomic E-state index is 12.6. The predicted molar refractivity (Wildman–Crippen MR) is 91.3 cm³/mol. The SMILES string of the molecule is COc1ccc(CNS(=O)(=O)c2cccc3cc(C)cnc23)cn1. The van der Waals surface area contributed by atoms with Gasteiger partial charge in [0.25, 0.3) is 0 Å². The number of sulfonamides is 1. The monoisotopic (exact) mass is 343 g/mol. The Morgan fingerprint density at radius 3 is 2.67 bits per heavy atom. The zero-order valence-corrected chi connectivity index (χ0v) is 14.2. The van der Waals surface area contributed by atoms with Gasteiger partial charge in [0, 0.05) is 30.4 Å². The van der Waals surface area contributed by atoms with E-state index in [1.807, 2.05) is 19.1 Å². The number of aromatic nitrogens is 2. The van der Waals surface area contributed by atoms with Crippen LogP contribution in [0.3, 0.4) is 0 Å². The number of ether oxygens (including phenoxy) is 1. The number of nitrogens with zero attached hydrogens (tertiary/aromatic N) is 2. The molecule has 3 aromatic rings. The maximum atomic E-state index is 12.6. The summed E-state index contributed by atoms with van der Waals surface area (Å²) in [5.74, 6) is 0.482. The number of pyridine rings is 2. The Bertz CT molecular complexity index is 970. The molecule has 0 aliphatic rings. The number of fused-ring (bicyclic) bond motifs is 1. The highest BCUT2D eigenvalue weighted by atomic mass is 32.2. The third-order valence-corrected chi connectivity index (χ3v) is 5.01. The Hall–Kier alpha value is -2.51. The average Bonchev–Trinajstić information content (AvgIpc) is 2.59. The second kappa shape index (κ2) is 6.54. The summed E-state index contributed by atoms with van der Waals surface area (Å²) in [7, 11) is -2.16. The van der Waals surface area contributed by atoms with Gasteiger partial charge in [0.1, 0.15) is 4.90 Å². The molecule has 0 radical (unpaired) electrons. The van der Waals surface area contributed by atoms with Crippen LogP contribution in [0.4, 0.5) is 0 Å². The smallest absolute Gasteiger partial charge is 0.243 e. The van der Waals surface area contributed by atoms with Crippen molar-refractivity contribution in [3.05, 3.63) is 59.9 Å². The Morgan fingerprint density at radius 2 is 1.96 bits per heavy atom. The number of hydrogen-bond donors (Lipinski definition) is 1. The number of para-hydroxylation sites is 1. The largest absolute Gasteiger partial charge is 0.481 e. The lowest BCUT2D eigenvalue weighted by molar-refractivity contribution is 0.397. The lowest BCUT2D eigenvalue weighted by Crippen LogP contribution is -2.23. The topological polar surface area (TPSA) is 81.2 Å². The van der Waals surface area contributed by atoms with Gasteiger partial charge < -0.3 is 4.74 Å². The van der Waals surface area contributed by atoms with Gasteiger partial charge >= 0.3 is 0 Å². The minimum absolute atomic E-state index is 0.140. The van der Waals surface area contributed by atoms with E-state index in [-0.39, 0.29) is 11.4 Å². The summed E-state index contributed by atoms with van der Waals surface area (Å²) in [6, 6.07) is 10.5. The zero-order chi connectivity index (χ0) is 17.2. The van der Waals surface area contributed by atoms with Gasteiger partial charge in [-0.3, -0.25) is 4.98 Å². The van der Waals surface area contributed by atoms with Crippen molar-refractivity contribution in [3.8, 4) is 5.88 Å². The fraction of sp³-hybridized carbons (Fsp3) is 0.176. The van der Waals surface area contributed by atoms with Gasteiger partial charge in [-0.15, -0.1) is 0 Å². The van der Waals surface area contributed by atoms with E-state index in [2.05, 4.69) is 14.7 Å². The normalized spacial score (nSPS) is 11.6. The van der Waals surface area contributed by atoms with Crippen molar-refractivity contribution in [2.75, 3.05) is 7.11 Å². The number of methoxy groups -OCH3 is 1. The van der Waals surface area contributed by atoms with E-state index in [0.717, 1.165) is 16.5 Å². The number of aryl methyl sites for hydroxylation is 1. The van der Waals surface area contributed by atoms with Crippen molar-refractivity contribution in [2.24, 2.45) is 0 Å². The fourth-order valence-electron chi connectivity index (χ4n) is 2.35. The van der Waals surface area contributed by atoms with E-state index in [4.69, 9.17) is 4.74 Å². The van der Waals surface area contributed by atoms with Crippen LogP contribution in [-0.4, -0.2) is 25.5 Å². The molecule has 0 bridgehead atoms. The first-order valence-corrected chi connectivity index (χ1v) is 8.82. The molecule has 0 spiro atoms. The van der Waals surface area contributed by atoms with E-state index >= 15 is 0 Å². The van der Waals surface area contributed by atoms with Gasteiger partial charge in [0.15, 0.2) is 0 Å². The summed E-state index contributed by atoms with van der Waals surface area (Å²) in [6.45, 7) is 2.06. The van der Waals surface area contributed by atoms with Gasteiger partial charge in [-0.25, -0.2) is 18.1 Å². The molecular weight excluding hydrogens is 326 g/mol. The summed E-state index contributed by atoms with van der Waals surface area (Å²) in [5.41, 5.74) is 2.18. The molecule has 2 aromatic heterocycles. The van der Waals surface area contributed by atoms with Gasteiger partial charge in [-0.1, -0.05) is 18.2 Å². The highest BCUT2D eigenvalue weighted by Crippen LogP contribution is 2.21. The van der Waals surface area contributed by atoms with Crippen LogP contribution in [0, 0.1) is 6.92 Å². The molecule has 1 aromatic carbocycles. The summed E-state index contributed by atoms with van der Waals surface area (Å²) in [4.78, 5) is 8.51. The van der Waals surface area contributed by atoms with Crippen LogP contribution in [-0.2, 0) is 16.6 Å². The van der Waals surface area contributed by atoms with Crippen molar-refractivity contribution in [1.29, 1.82) is 0 Å². The lowest BCUT2D eigenvalue weighted by atomic mass is 10.2. The van der Waals surface area contributed by atoms with E-state index in [1.165, 1.54) is 7.11 Å².